The van der Waals surface area contributed by atoms with Crippen LogP contribution in [-0.2, 0) is 4.79 Å². The van der Waals surface area contributed by atoms with E-state index in [0.717, 1.165) is 17.0 Å². The molecule has 3 rings (SSSR count). The highest BCUT2D eigenvalue weighted by atomic mass is 32.2. The molecule has 0 bridgehead atoms. The summed E-state index contributed by atoms with van der Waals surface area (Å²) in [4.78, 5) is 19.2. The average Bonchev–Trinajstić information content (AvgIpc) is 2.97. The van der Waals surface area contributed by atoms with Gasteiger partial charge in [-0.3, -0.25) is 9.69 Å². The van der Waals surface area contributed by atoms with Crippen LogP contribution in [-0.4, -0.2) is 22.9 Å². The molecule has 0 aliphatic carbocycles. The third kappa shape index (κ3) is 4.68. The topological polar surface area (TPSA) is 41.9 Å². The Kier molecular flexibility index (Phi) is 6.14. The van der Waals surface area contributed by atoms with Gasteiger partial charge in [-0.15, -0.1) is 6.58 Å². The number of ether oxygens (including phenoxy) is 1. The van der Waals surface area contributed by atoms with E-state index in [1.807, 2.05) is 68.4 Å². The van der Waals surface area contributed by atoms with Gasteiger partial charge in [0.15, 0.2) is 5.17 Å². The highest BCUT2D eigenvalue weighted by Crippen LogP contribution is 2.29. The van der Waals surface area contributed by atoms with Crippen molar-refractivity contribution in [2.45, 2.75) is 20.0 Å². The number of para-hydroxylation sites is 1. The van der Waals surface area contributed by atoms with Crippen molar-refractivity contribution in [3.63, 3.8) is 0 Å². The molecule has 0 radical (unpaired) electrons. The van der Waals surface area contributed by atoms with E-state index in [0.29, 0.717) is 16.6 Å². The number of anilines is 1. The van der Waals surface area contributed by atoms with Gasteiger partial charge in [0, 0.05) is 5.75 Å². The van der Waals surface area contributed by atoms with E-state index in [9.17, 15) is 4.79 Å². The summed E-state index contributed by atoms with van der Waals surface area (Å²) in [6, 6.07) is 17.2. The molecule has 4 nitrogen and oxygen atoms in total. The molecule has 0 atom stereocenters. The Morgan fingerprint density at radius 2 is 1.85 bits per heavy atom. The van der Waals surface area contributed by atoms with Crippen molar-refractivity contribution in [3.8, 4) is 5.75 Å². The lowest BCUT2D eigenvalue weighted by Gasteiger charge is -2.17. The molecule has 0 N–H and O–H groups in total. The zero-order chi connectivity index (χ0) is 19.2. The third-order valence-electron chi connectivity index (χ3n) is 3.73. The van der Waals surface area contributed by atoms with Gasteiger partial charge in [-0.05, 0) is 49.8 Å². The van der Waals surface area contributed by atoms with E-state index >= 15 is 0 Å². The molecule has 0 fully saturated rings. The van der Waals surface area contributed by atoms with E-state index in [1.54, 1.807) is 17.1 Å². The van der Waals surface area contributed by atoms with Crippen molar-refractivity contribution in [2.24, 2.45) is 4.99 Å². The van der Waals surface area contributed by atoms with Crippen LogP contribution in [0.1, 0.15) is 19.4 Å². The molecular formula is C22H22N2O2S. The molecule has 1 heterocycles. The maximum absolute atomic E-state index is 13.0. The molecule has 0 unspecified atom stereocenters. The molecule has 5 heteroatoms. The number of amidine groups is 1. The lowest BCUT2D eigenvalue weighted by Crippen LogP contribution is -2.30. The van der Waals surface area contributed by atoms with Crippen molar-refractivity contribution in [3.05, 3.63) is 78.5 Å². The Bertz CT molecular complexity index is 871. The standard InChI is InChI=1S/C22H22N2O2S/c1-4-14-27-22-23-20(21(25)24(22)18-8-6-5-7-9-18)15-17-10-12-19(13-11-17)26-16(2)3/h4-13,15-16H,1,14H2,2-3H3/b20-15+. The minimum Gasteiger partial charge on any atom is -0.491 e. The number of amides is 1. The number of carbonyl (C=O) groups excluding carboxylic acids is 1. The van der Waals surface area contributed by atoms with Crippen LogP contribution < -0.4 is 9.64 Å². The van der Waals surface area contributed by atoms with Crippen LogP contribution in [0.2, 0.25) is 0 Å². The second-order valence-corrected chi connectivity index (χ2v) is 7.22. The van der Waals surface area contributed by atoms with Crippen LogP contribution in [0.3, 0.4) is 0 Å². The lowest BCUT2D eigenvalue weighted by atomic mass is 10.2. The van der Waals surface area contributed by atoms with Gasteiger partial charge in [0.05, 0.1) is 11.8 Å². The maximum Gasteiger partial charge on any atom is 0.283 e. The van der Waals surface area contributed by atoms with Crippen LogP contribution >= 0.6 is 11.8 Å². The fraction of sp³-hybridized carbons (Fsp3) is 0.182. The first-order valence-corrected chi connectivity index (χ1v) is 9.77. The zero-order valence-corrected chi connectivity index (χ0v) is 16.3. The fourth-order valence-electron chi connectivity index (χ4n) is 2.60. The van der Waals surface area contributed by atoms with Gasteiger partial charge in [-0.25, -0.2) is 4.99 Å². The number of hydrogen-bond acceptors (Lipinski definition) is 4. The van der Waals surface area contributed by atoms with Gasteiger partial charge in [0.2, 0.25) is 0 Å². The Labute approximate surface area is 164 Å². The molecule has 1 aliphatic heterocycles. The summed E-state index contributed by atoms with van der Waals surface area (Å²) in [7, 11) is 0. The number of aliphatic imine (C=N–C) groups is 1. The molecule has 2 aromatic carbocycles. The fourth-order valence-corrected chi connectivity index (χ4v) is 3.35. The van der Waals surface area contributed by atoms with Crippen molar-refractivity contribution >= 4 is 34.6 Å². The molecule has 27 heavy (non-hydrogen) atoms. The molecule has 0 saturated carbocycles. The average molecular weight is 378 g/mol. The first kappa shape index (κ1) is 19.0. The predicted octanol–water partition coefficient (Wildman–Crippen LogP) is 5.14. The summed E-state index contributed by atoms with van der Waals surface area (Å²) >= 11 is 1.49. The van der Waals surface area contributed by atoms with Gasteiger partial charge < -0.3 is 4.74 Å². The molecule has 138 valence electrons. The Hall–Kier alpha value is -2.79. The first-order valence-electron chi connectivity index (χ1n) is 8.79. The summed E-state index contributed by atoms with van der Waals surface area (Å²) in [5.41, 5.74) is 2.13. The monoisotopic (exact) mass is 378 g/mol. The normalized spacial score (nSPS) is 15.4. The molecule has 0 aromatic heterocycles. The number of benzene rings is 2. The summed E-state index contributed by atoms with van der Waals surface area (Å²) in [5.74, 6) is 1.36. The Balaban J connectivity index is 1.88. The van der Waals surface area contributed by atoms with Crippen molar-refractivity contribution in [2.75, 3.05) is 10.7 Å². The molecule has 0 saturated heterocycles. The van der Waals surface area contributed by atoms with Crippen LogP contribution in [0.4, 0.5) is 5.69 Å². The predicted molar refractivity (Wildman–Crippen MR) is 114 cm³/mol. The summed E-state index contributed by atoms with van der Waals surface area (Å²) in [5, 5.41) is 0.664. The summed E-state index contributed by atoms with van der Waals surface area (Å²) in [6.07, 6.45) is 3.73. The summed E-state index contributed by atoms with van der Waals surface area (Å²) < 4.78 is 5.66. The molecule has 0 spiro atoms. The smallest absolute Gasteiger partial charge is 0.283 e. The van der Waals surface area contributed by atoms with Crippen molar-refractivity contribution in [1.29, 1.82) is 0 Å². The van der Waals surface area contributed by atoms with Crippen LogP contribution in [0.15, 0.2) is 77.9 Å². The van der Waals surface area contributed by atoms with E-state index in [4.69, 9.17) is 4.74 Å². The lowest BCUT2D eigenvalue weighted by molar-refractivity contribution is -0.113. The number of rotatable bonds is 6. The van der Waals surface area contributed by atoms with E-state index in [-0.39, 0.29) is 12.0 Å². The number of thioether (sulfide) groups is 1. The first-order chi connectivity index (χ1) is 13.1. The minimum atomic E-state index is -0.129. The number of nitrogens with zero attached hydrogens (tertiary/aromatic N) is 2. The minimum absolute atomic E-state index is 0.124. The largest absolute Gasteiger partial charge is 0.491 e. The molecule has 1 amide bonds. The number of hydrogen-bond donors (Lipinski definition) is 0. The highest BCUT2D eigenvalue weighted by Gasteiger charge is 2.31. The molecule has 2 aromatic rings. The van der Waals surface area contributed by atoms with Crippen molar-refractivity contribution < 1.29 is 9.53 Å². The number of carbonyl (C=O) groups is 1. The van der Waals surface area contributed by atoms with Gasteiger partial charge in [0.25, 0.3) is 5.91 Å². The second kappa shape index (κ2) is 8.73. The Morgan fingerprint density at radius 3 is 2.48 bits per heavy atom. The SMILES string of the molecule is C=CCSC1=N/C(=C/c2ccc(OC(C)C)cc2)C(=O)N1c1ccccc1. The van der Waals surface area contributed by atoms with E-state index in [1.165, 1.54) is 11.8 Å². The van der Waals surface area contributed by atoms with Crippen LogP contribution in [0.5, 0.6) is 5.75 Å². The van der Waals surface area contributed by atoms with E-state index in [2.05, 4.69) is 11.6 Å². The van der Waals surface area contributed by atoms with E-state index < -0.39 is 0 Å². The van der Waals surface area contributed by atoms with Gasteiger partial charge in [-0.2, -0.15) is 0 Å². The second-order valence-electron chi connectivity index (χ2n) is 6.24. The van der Waals surface area contributed by atoms with Gasteiger partial charge >= 0.3 is 0 Å². The quantitative estimate of drug-likeness (QED) is 0.516. The zero-order valence-electron chi connectivity index (χ0n) is 15.5. The Morgan fingerprint density at radius 1 is 1.15 bits per heavy atom. The highest BCUT2D eigenvalue weighted by molar-refractivity contribution is 8.14. The summed E-state index contributed by atoms with van der Waals surface area (Å²) in [6.45, 7) is 7.73. The van der Waals surface area contributed by atoms with Gasteiger partial charge in [-0.1, -0.05) is 48.2 Å². The third-order valence-corrected chi connectivity index (χ3v) is 4.66. The van der Waals surface area contributed by atoms with Crippen molar-refractivity contribution in [1.82, 2.24) is 0 Å². The van der Waals surface area contributed by atoms with Crippen LogP contribution in [0.25, 0.3) is 6.08 Å². The molecule has 1 aliphatic rings. The molecular weight excluding hydrogens is 356 g/mol. The van der Waals surface area contributed by atoms with Crippen LogP contribution in [0, 0.1) is 0 Å². The van der Waals surface area contributed by atoms with Gasteiger partial charge in [0.1, 0.15) is 11.4 Å². The maximum atomic E-state index is 13.0.